The monoisotopic (exact) mass is 270 g/mol. The Morgan fingerprint density at radius 1 is 1.29 bits per heavy atom. The molecule has 0 saturated heterocycles. The highest BCUT2D eigenvalue weighted by Gasteiger charge is 2.13. The molecule has 0 spiro atoms. The smallest absolute Gasteiger partial charge is 0.239 e. The molecule has 0 radical (unpaired) electrons. The average molecular weight is 272 g/mol. The van der Waals surface area contributed by atoms with Crippen LogP contribution in [0, 0.1) is 0 Å². The van der Waals surface area contributed by atoms with Crippen molar-refractivity contribution in [2.75, 3.05) is 0 Å². The molecule has 1 aromatic carbocycles. The molecule has 5 heteroatoms. The third kappa shape index (κ3) is 3.32. The first kappa shape index (κ1) is 12.1. The van der Waals surface area contributed by atoms with E-state index >= 15 is 0 Å². The summed E-state index contributed by atoms with van der Waals surface area (Å²) in [6.45, 7) is 0. The zero-order valence-corrected chi connectivity index (χ0v) is 9.96. The van der Waals surface area contributed by atoms with Gasteiger partial charge in [0.1, 0.15) is 5.38 Å². The minimum Gasteiger partial charge on any atom is -0.280 e. The second-order valence-electron chi connectivity index (χ2n) is 2.72. The number of alkyl halides is 1. The predicted octanol–water partition coefficient (Wildman–Crippen LogP) is 3.91. The summed E-state index contributed by atoms with van der Waals surface area (Å²) < 4.78 is 0. The molecule has 0 fully saturated rings. The van der Waals surface area contributed by atoms with Gasteiger partial charge in [0.05, 0.1) is 10.0 Å². The number of hydrogen-bond acceptors (Lipinski definition) is 1. The van der Waals surface area contributed by atoms with Gasteiger partial charge in [0.15, 0.2) is 0 Å². The summed E-state index contributed by atoms with van der Waals surface area (Å²) in [5.74, 6) is 0. The van der Waals surface area contributed by atoms with Gasteiger partial charge in [0.25, 0.3) is 0 Å². The Balaban J connectivity index is 2.78. The minimum absolute atomic E-state index is 0.348. The Morgan fingerprint density at radius 3 is 2.43 bits per heavy atom. The largest absolute Gasteiger partial charge is 0.280 e. The first-order chi connectivity index (χ1) is 6.50. The van der Waals surface area contributed by atoms with Gasteiger partial charge in [-0.25, -0.2) is 0 Å². The zero-order valence-electron chi connectivity index (χ0n) is 6.94. The Morgan fingerprint density at radius 2 is 1.93 bits per heavy atom. The van der Waals surface area contributed by atoms with Crippen LogP contribution in [0.4, 0.5) is 0 Å². The first-order valence-corrected chi connectivity index (χ1v) is 5.35. The SMILES string of the molecule is O=C(Cl)C(Cl)Cc1ccc(Cl)c(Cl)c1. The lowest BCUT2D eigenvalue weighted by molar-refractivity contribution is -0.111. The summed E-state index contributed by atoms with van der Waals surface area (Å²) in [5, 5.41) is -0.388. The van der Waals surface area contributed by atoms with Crippen molar-refractivity contribution in [1.82, 2.24) is 0 Å². The predicted molar refractivity (Wildman–Crippen MR) is 60.7 cm³/mol. The third-order valence-electron chi connectivity index (χ3n) is 1.65. The summed E-state index contributed by atoms with van der Waals surface area (Å²) in [6, 6.07) is 5.07. The van der Waals surface area contributed by atoms with Crippen LogP contribution in [0.3, 0.4) is 0 Å². The maximum Gasteiger partial charge on any atom is 0.239 e. The molecular formula is C9H6Cl4O. The van der Waals surface area contributed by atoms with Gasteiger partial charge >= 0.3 is 0 Å². The average Bonchev–Trinajstić information content (AvgIpc) is 2.11. The van der Waals surface area contributed by atoms with Crippen LogP contribution in [0.1, 0.15) is 5.56 Å². The molecule has 0 amide bonds. The molecule has 76 valence electrons. The van der Waals surface area contributed by atoms with Crippen molar-refractivity contribution in [2.45, 2.75) is 11.8 Å². The molecule has 0 aromatic heterocycles. The van der Waals surface area contributed by atoms with Crippen LogP contribution >= 0.6 is 46.4 Å². The van der Waals surface area contributed by atoms with Crippen molar-refractivity contribution in [3.63, 3.8) is 0 Å². The topological polar surface area (TPSA) is 17.1 Å². The minimum atomic E-state index is -0.728. The Labute approximate surface area is 102 Å². The summed E-state index contributed by atoms with van der Waals surface area (Å²) in [5.41, 5.74) is 0.827. The van der Waals surface area contributed by atoms with Gasteiger partial charge in [0, 0.05) is 0 Å². The molecule has 1 unspecified atom stereocenters. The van der Waals surface area contributed by atoms with E-state index in [-0.39, 0.29) is 0 Å². The Bertz CT molecular complexity index is 351. The third-order valence-corrected chi connectivity index (χ3v) is 3.11. The van der Waals surface area contributed by atoms with Crippen LogP contribution in [-0.2, 0) is 11.2 Å². The van der Waals surface area contributed by atoms with E-state index in [9.17, 15) is 4.79 Å². The molecule has 1 rings (SSSR count). The van der Waals surface area contributed by atoms with Gasteiger partial charge in [0.2, 0.25) is 5.24 Å². The van der Waals surface area contributed by atoms with Gasteiger partial charge < -0.3 is 0 Å². The highest BCUT2D eigenvalue weighted by molar-refractivity contribution is 6.69. The van der Waals surface area contributed by atoms with Crippen molar-refractivity contribution in [3.05, 3.63) is 33.8 Å². The van der Waals surface area contributed by atoms with Gasteiger partial charge in [-0.3, -0.25) is 4.79 Å². The summed E-state index contributed by atoms with van der Waals surface area (Å²) >= 11 is 22.4. The van der Waals surface area contributed by atoms with Crippen molar-refractivity contribution in [2.24, 2.45) is 0 Å². The highest BCUT2D eigenvalue weighted by atomic mass is 35.5. The molecule has 0 saturated carbocycles. The van der Waals surface area contributed by atoms with Crippen LogP contribution < -0.4 is 0 Å². The number of hydrogen-bond donors (Lipinski definition) is 0. The van der Waals surface area contributed by atoms with Crippen molar-refractivity contribution in [3.8, 4) is 0 Å². The van der Waals surface area contributed by atoms with E-state index in [1.807, 2.05) is 0 Å². The van der Waals surface area contributed by atoms with Gasteiger partial charge in [-0.2, -0.15) is 0 Å². The van der Waals surface area contributed by atoms with Gasteiger partial charge in [-0.1, -0.05) is 29.3 Å². The number of rotatable bonds is 3. The van der Waals surface area contributed by atoms with E-state index in [2.05, 4.69) is 0 Å². The highest BCUT2D eigenvalue weighted by Crippen LogP contribution is 2.24. The second kappa shape index (κ2) is 5.22. The fraction of sp³-hybridized carbons (Fsp3) is 0.222. The fourth-order valence-electron chi connectivity index (χ4n) is 0.954. The summed E-state index contributed by atoms with van der Waals surface area (Å²) in [6.07, 6.45) is 0.348. The lowest BCUT2D eigenvalue weighted by Crippen LogP contribution is -2.11. The number of carbonyl (C=O) groups is 1. The molecule has 1 nitrogen and oxygen atoms in total. The molecular weight excluding hydrogens is 266 g/mol. The molecule has 1 atom stereocenters. The molecule has 0 N–H and O–H groups in total. The zero-order chi connectivity index (χ0) is 10.7. The van der Waals surface area contributed by atoms with Gasteiger partial charge in [-0.05, 0) is 35.7 Å². The van der Waals surface area contributed by atoms with Crippen LogP contribution in [0.5, 0.6) is 0 Å². The summed E-state index contributed by atoms with van der Waals surface area (Å²) in [4.78, 5) is 10.7. The van der Waals surface area contributed by atoms with E-state index in [1.54, 1.807) is 18.2 Å². The van der Waals surface area contributed by atoms with Gasteiger partial charge in [-0.15, -0.1) is 11.6 Å². The molecule has 0 bridgehead atoms. The van der Waals surface area contributed by atoms with E-state index < -0.39 is 10.6 Å². The Kier molecular flexibility index (Phi) is 4.52. The molecule has 14 heavy (non-hydrogen) atoms. The van der Waals surface area contributed by atoms with E-state index in [0.717, 1.165) is 5.56 Å². The Hall–Kier alpha value is 0.0500. The standard InChI is InChI=1S/C9H6Cl4O/c10-6-2-1-5(3-7(6)11)4-8(12)9(13)14/h1-3,8H,4H2. The normalized spacial score (nSPS) is 12.6. The lowest BCUT2D eigenvalue weighted by atomic mass is 10.1. The number of halogens is 4. The first-order valence-electron chi connectivity index (χ1n) is 3.78. The quantitative estimate of drug-likeness (QED) is 0.602. The maximum absolute atomic E-state index is 10.7. The number of carbonyl (C=O) groups excluding carboxylic acids is 1. The molecule has 0 heterocycles. The molecule has 0 aliphatic rings. The van der Waals surface area contributed by atoms with Crippen molar-refractivity contribution < 1.29 is 4.79 Å². The van der Waals surface area contributed by atoms with Crippen LogP contribution in [0.25, 0.3) is 0 Å². The lowest BCUT2D eigenvalue weighted by Gasteiger charge is -2.05. The molecule has 1 aromatic rings. The van der Waals surface area contributed by atoms with E-state index in [0.29, 0.717) is 16.5 Å². The fourth-order valence-corrected chi connectivity index (χ4v) is 1.53. The summed E-state index contributed by atoms with van der Waals surface area (Å²) in [7, 11) is 0. The van der Waals surface area contributed by atoms with Crippen molar-refractivity contribution >= 4 is 51.6 Å². The molecule has 0 aliphatic carbocycles. The second-order valence-corrected chi connectivity index (χ2v) is 4.44. The van der Waals surface area contributed by atoms with Crippen LogP contribution in [-0.4, -0.2) is 10.6 Å². The van der Waals surface area contributed by atoms with Crippen LogP contribution in [0.15, 0.2) is 18.2 Å². The number of benzene rings is 1. The maximum atomic E-state index is 10.7. The van der Waals surface area contributed by atoms with E-state index in [1.165, 1.54) is 0 Å². The van der Waals surface area contributed by atoms with Crippen LogP contribution in [0.2, 0.25) is 10.0 Å². The molecule has 0 aliphatic heterocycles. The van der Waals surface area contributed by atoms with E-state index in [4.69, 9.17) is 46.4 Å². The van der Waals surface area contributed by atoms with Crippen molar-refractivity contribution in [1.29, 1.82) is 0 Å².